The number of methoxy groups -OCH3 is 1. The number of nitrogens with zero attached hydrogens (tertiary/aromatic N) is 1. The van der Waals surface area contributed by atoms with Crippen LogP contribution in [0.15, 0.2) is 35.7 Å². The first-order valence-corrected chi connectivity index (χ1v) is 7.63. The van der Waals surface area contributed by atoms with Crippen molar-refractivity contribution < 1.29 is 9.84 Å². The van der Waals surface area contributed by atoms with Crippen molar-refractivity contribution in [2.45, 2.75) is 13.0 Å². The molecule has 0 radical (unpaired) electrons. The molecule has 0 saturated heterocycles. The molecule has 0 aliphatic rings. The summed E-state index contributed by atoms with van der Waals surface area (Å²) in [6.45, 7) is 0.947. The molecule has 1 aromatic heterocycles. The van der Waals surface area contributed by atoms with Crippen LogP contribution in [0.1, 0.15) is 16.9 Å². The smallest absolute Gasteiger partial charge is 0.120 e. The van der Waals surface area contributed by atoms with Gasteiger partial charge in [-0.15, -0.1) is 11.3 Å². The first kappa shape index (κ1) is 15.4. The number of rotatable bonds is 5. The molecular formula is C17H19NO2S. The highest BCUT2D eigenvalue weighted by atomic mass is 32.1. The van der Waals surface area contributed by atoms with Gasteiger partial charge in [0.25, 0.3) is 0 Å². The zero-order chi connectivity index (χ0) is 15.1. The van der Waals surface area contributed by atoms with Gasteiger partial charge in [0, 0.05) is 41.0 Å². The van der Waals surface area contributed by atoms with E-state index in [0.29, 0.717) is 6.42 Å². The van der Waals surface area contributed by atoms with Crippen LogP contribution in [0.3, 0.4) is 0 Å². The Morgan fingerprint density at radius 2 is 2.19 bits per heavy atom. The summed E-state index contributed by atoms with van der Waals surface area (Å²) >= 11 is 1.70. The van der Waals surface area contributed by atoms with E-state index in [0.717, 1.165) is 23.5 Å². The standard InChI is InChI=1S/C17H19NO2S/c1-18(15-7-5-8-16(11-15)20-2)12-17-10-14(13-21-17)6-3-4-9-19/h5,7-8,10-11,13,19H,4,9,12H2,1-2H3. The molecule has 0 atom stereocenters. The maximum Gasteiger partial charge on any atom is 0.120 e. The van der Waals surface area contributed by atoms with Crippen molar-refractivity contribution in [2.75, 3.05) is 25.7 Å². The van der Waals surface area contributed by atoms with Crippen molar-refractivity contribution in [1.29, 1.82) is 0 Å². The summed E-state index contributed by atoms with van der Waals surface area (Å²) in [6, 6.07) is 10.1. The lowest BCUT2D eigenvalue weighted by Crippen LogP contribution is -2.15. The van der Waals surface area contributed by atoms with Crippen LogP contribution < -0.4 is 9.64 Å². The van der Waals surface area contributed by atoms with Crippen LogP contribution in [0.2, 0.25) is 0 Å². The molecule has 2 aromatic rings. The van der Waals surface area contributed by atoms with Crippen molar-refractivity contribution in [3.8, 4) is 17.6 Å². The van der Waals surface area contributed by atoms with E-state index in [2.05, 4.69) is 41.3 Å². The Labute approximate surface area is 129 Å². The maximum atomic E-state index is 8.72. The van der Waals surface area contributed by atoms with E-state index in [1.54, 1.807) is 18.4 Å². The van der Waals surface area contributed by atoms with Crippen LogP contribution >= 0.6 is 11.3 Å². The van der Waals surface area contributed by atoms with E-state index in [9.17, 15) is 0 Å². The number of benzene rings is 1. The number of thiophene rings is 1. The molecule has 0 amide bonds. The first-order chi connectivity index (χ1) is 10.2. The fourth-order valence-electron chi connectivity index (χ4n) is 1.92. The SMILES string of the molecule is COc1cccc(N(C)Cc2cc(C#CCCO)cs2)c1. The quantitative estimate of drug-likeness (QED) is 0.861. The third-order valence-corrected chi connectivity index (χ3v) is 3.93. The van der Waals surface area contributed by atoms with Crippen molar-refractivity contribution in [1.82, 2.24) is 0 Å². The lowest BCUT2D eigenvalue weighted by Gasteiger charge is -2.18. The molecule has 1 heterocycles. The summed E-state index contributed by atoms with van der Waals surface area (Å²) in [5, 5.41) is 10.8. The second-order valence-electron chi connectivity index (χ2n) is 4.63. The largest absolute Gasteiger partial charge is 0.497 e. The number of anilines is 1. The van der Waals surface area contributed by atoms with Gasteiger partial charge < -0.3 is 14.7 Å². The van der Waals surface area contributed by atoms with E-state index < -0.39 is 0 Å². The Balaban J connectivity index is 2.02. The number of aliphatic hydroxyl groups is 1. The molecule has 1 aromatic carbocycles. The van der Waals surface area contributed by atoms with Gasteiger partial charge >= 0.3 is 0 Å². The lowest BCUT2D eigenvalue weighted by atomic mass is 10.2. The van der Waals surface area contributed by atoms with E-state index in [4.69, 9.17) is 9.84 Å². The lowest BCUT2D eigenvalue weighted by molar-refractivity contribution is 0.305. The van der Waals surface area contributed by atoms with E-state index in [1.165, 1.54) is 4.88 Å². The van der Waals surface area contributed by atoms with Gasteiger partial charge in [-0.3, -0.25) is 0 Å². The average Bonchev–Trinajstić information content (AvgIpc) is 2.95. The maximum absolute atomic E-state index is 8.72. The molecule has 0 unspecified atom stereocenters. The highest BCUT2D eigenvalue weighted by Crippen LogP contribution is 2.23. The van der Waals surface area contributed by atoms with Crippen LogP contribution in [0.4, 0.5) is 5.69 Å². The molecular weight excluding hydrogens is 282 g/mol. The molecule has 0 fully saturated rings. The van der Waals surface area contributed by atoms with Crippen molar-refractivity contribution in [3.05, 3.63) is 46.2 Å². The van der Waals surface area contributed by atoms with Gasteiger partial charge in [-0.1, -0.05) is 17.9 Å². The molecule has 0 spiro atoms. The van der Waals surface area contributed by atoms with Crippen LogP contribution in [-0.2, 0) is 6.54 Å². The van der Waals surface area contributed by atoms with Gasteiger partial charge in [0.1, 0.15) is 5.75 Å². The minimum absolute atomic E-state index is 0.114. The predicted molar refractivity (Wildman–Crippen MR) is 88.0 cm³/mol. The van der Waals surface area contributed by atoms with Gasteiger partial charge in [-0.2, -0.15) is 0 Å². The zero-order valence-corrected chi connectivity index (χ0v) is 13.1. The summed E-state index contributed by atoms with van der Waals surface area (Å²) in [5.41, 5.74) is 2.14. The third kappa shape index (κ3) is 4.52. The monoisotopic (exact) mass is 301 g/mol. The second kappa shape index (κ2) is 7.72. The van der Waals surface area contributed by atoms with E-state index in [1.807, 2.05) is 18.2 Å². The zero-order valence-electron chi connectivity index (χ0n) is 12.3. The Morgan fingerprint density at radius 1 is 1.33 bits per heavy atom. The molecule has 4 heteroatoms. The van der Waals surface area contributed by atoms with Crippen LogP contribution in [0.25, 0.3) is 0 Å². The van der Waals surface area contributed by atoms with Crippen molar-refractivity contribution >= 4 is 17.0 Å². The fourth-order valence-corrected chi connectivity index (χ4v) is 2.79. The van der Waals surface area contributed by atoms with Gasteiger partial charge in [0.15, 0.2) is 0 Å². The van der Waals surface area contributed by atoms with Crippen molar-refractivity contribution in [2.24, 2.45) is 0 Å². The Kier molecular flexibility index (Phi) is 5.68. The molecule has 2 rings (SSSR count). The summed E-state index contributed by atoms with van der Waals surface area (Å²) in [5.74, 6) is 6.86. The average molecular weight is 301 g/mol. The molecule has 0 aliphatic carbocycles. The molecule has 110 valence electrons. The minimum Gasteiger partial charge on any atom is -0.497 e. The second-order valence-corrected chi connectivity index (χ2v) is 5.63. The summed E-state index contributed by atoms with van der Waals surface area (Å²) in [6.07, 6.45) is 0.523. The first-order valence-electron chi connectivity index (χ1n) is 6.75. The summed E-state index contributed by atoms with van der Waals surface area (Å²) in [4.78, 5) is 3.44. The number of aliphatic hydroxyl groups excluding tert-OH is 1. The van der Waals surface area contributed by atoms with Gasteiger partial charge in [-0.25, -0.2) is 0 Å². The molecule has 0 bridgehead atoms. The highest BCUT2D eigenvalue weighted by molar-refractivity contribution is 7.10. The third-order valence-electron chi connectivity index (χ3n) is 3.01. The predicted octanol–water partition coefficient (Wildman–Crippen LogP) is 3.13. The van der Waals surface area contributed by atoms with Crippen LogP contribution in [-0.4, -0.2) is 25.9 Å². The van der Waals surface area contributed by atoms with Gasteiger partial charge in [-0.05, 0) is 18.2 Å². The normalized spacial score (nSPS) is 9.86. The van der Waals surface area contributed by atoms with Gasteiger partial charge in [0.2, 0.25) is 0 Å². The highest BCUT2D eigenvalue weighted by Gasteiger charge is 2.05. The van der Waals surface area contributed by atoms with Crippen molar-refractivity contribution in [3.63, 3.8) is 0 Å². The Hall–Kier alpha value is -1.96. The number of hydrogen-bond acceptors (Lipinski definition) is 4. The molecule has 3 nitrogen and oxygen atoms in total. The van der Waals surface area contributed by atoms with Gasteiger partial charge in [0.05, 0.1) is 20.3 Å². The Morgan fingerprint density at radius 3 is 2.95 bits per heavy atom. The minimum atomic E-state index is 0.114. The van der Waals surface area contributed by atoms with E-state index in [-0.39, 0.29) is 6.61 Å². The number of ether oxygens (including phenoxy) is 1. The Bertz CT molecular complexity index is 639. The molecule has 21 heavy (non-hydrogen) atoms. The molecule has 0 aliphatic heterocycles. The van der Waals surface area contributed by atoms with Crippen LogP contribution in [0.5, 0.6) is 5.75 Å². The molecule has 1 N–H and O–H groups in total. The topological polar surface area (TPSA) is 32.7 Å². The fraction of sp³-hybridized carbons (Fsp3) is 0.294. The van der Waals surface area contributed by atoms with Crippen LogP contribution in [0, 0.1) is 11.8 Å². The number of hydrogen-bond donors (Lipinski definition) is 1. The summed E-state index contributed by atoms with van der Waals surface area (Å²) in [7, 11) is 3.74. The molecule has 0 saturated carbocycles. The van der Waals surface area contributed by atoms with E-state index >= 15 is 0 Å². The summed E-state index contributed by atoms with van der Waals surface area (Å²) < 4.78 is 5.25.